The fourth-order valence-electron chi connectivity index (χ4n) is 14.1. The highest BCUT2D eigenvalue weighted by atomic mass is 16.7. The Morgan fingerprint density at radius 1 is 1.06 bits per heavy atom. The number of aliphatic hydroxyl groups is 2. The van der Waals surface area contributed by atoms with Gasteiger partial charge in [-0.3, -0.25) is 9.69 Å². The van der Waals surface area contributed by atoms with Crippen LogP contribution < -0.4 is 0 Å². The lowest BCUT2D eigenvalue weighted by Gasteiger charge is -2.64. The maximum atomic E-state index is 12.6. The van der Waals surface area contributed by atoms with Crippen LogP contribution in [0.3, 0.4) is 0 Å². The molecule has 0 aromatic carbocycles. The zero-order valence-corrected chi connectivity index (χ0v) is 32.3. The molecule has 2 saturated heterocycles. The second-order valence-corrected chi connectivity index (χ2v) is 19.8. The van der Waals surface area contributed by atoms with Crippen LogP contribution in [0.15, 0.2) is 0 Å². The molecule has 49 heavy (non-hydrogen) atoms. The summed E-state index contributed by atoms with van der Waals surface area (Å²) in [5.41, 5.74) is -0.932. The molecule has 2 spiro atoms. The van der Waals surface area contributed by atoms with E-state index in [1.54, 1.807) is 13.8 Å². The molecule has 0 amide bonds. The van der Waals surface area contributed by atoms with Gasteiger partial charge in [0.1, 0.15) is 0 Å². The van der Waals surface area contributed by atoms with E-state index < -0.39 is 29.9 Å². The lowest BCUT2D eigenvalue weighted by Crippen LogP contribution is -2.60. The van der Waals surface area contributed by atoms with E-state index in [1.165, 1.54) is 32.6 Å². The van der Waals surface area contributed by atoms with E-state index in [0.717, 1.165) is 52.0 Å². The summed E-state index contributed by atoms with van der Waals surface area (Å²) in [6, 6.07) is 0. The molecule has 9 nitrogen and oxygen atoms in total. The predicted octanol–water partition coefficient (Wildman–Crippen LogP) is 5.11. The molecule has 2 aliphatic heterocycles. The summed E-state index contributed by atoms with van der Waals surface area (Å²) in [7, 11) is 4.26. The van der Waals surface area contributed by atoms with Crippen LogP contribution in [0.4, 0.5) is 0 Å². The Morgan fingerprint density at radius 3 is 2.43 bits per heavy atom. The molecule has 0 bridgehead atoms. The topological polar surface area (TPSA) is 101 Å². The first-order valence-electron chi connectivity index (χ1n) is 19.7. The molecule has 5 aliphatic carbocycles. The van der Waals surface area contributed by atoms with E-state index in [2.05, 4.69) is 58.5 Å². The van der Waals surface area contributed by atoms with E-state index in [-0.39, 0.29) is 52.0 Å². The molecule has 7 fully saturated rings. The number of ether oxygens (including phenoxy) is 4. The maximum absolute atomic E-state index is 12.6. The SMILES string of the molecule is CC(=O)O[C@@H]([C@H]1C[C@@H](C)[C@H]2[C@H](O1)[C@H](O)[C@@]1(C)[C@@H]3CC[C@H]4C(C)(C)[C@@H](O[C@H]5CN(CCN(C)C)CCO5)CC[C@@]45CC35CC[C@]21C)C(C)(C)O. The van der Waals surface area contributed by atoms with Crippen molar-refractivity contribution in [2.45, 2.75) is 149 Å². The second-order valence-electron chi connectivity index (χ2n) is 19.8. The standard InChI is InChI=1S/C40H68N2O7/c1-24-21-26(34(36(5,6)45)47-25(2)43)48-32-31(24)37(7)15-16-40-23-39(40)14-13-29(49-30-22-42(19-20-46-30)18-17-41(9)10)35(3,4)27(39)11-12-28(40)38(37,8)33(32)44/h24,26-34,44-45H,11-23H2,1-10H3/t24-,26-,27+,28+,29+,30+,31+,32+,33+,34+,37-,38-,39-,40?/m1/s1. The lowest BCUT2D eigenvalue weighted by atomic mass is 9.41. The number of nitrogens with zero attached hydrogens (tertiary/aromatic N) is 2. The van der Waals surface area contributed by atoms with Gasteiger partial charge in [0, 0.05) is 38.5 Å². The molecular weight excluding hydrogens is 620 g/mol. The van der Waals surface area contributed by atoms with Crippen molar-refractivity contribution in [3.63, 3.8) is 0 Å². The summed E-state index contributed by atoms with van der Waals surface area (Å²) in [6.07, 6.45) is 6.80. The quantitative estimate of drug-likeness (QED) is 0.337. The van der Waals surface area contributed by atoms with Crippen molar-refractivity contribution in [2.75, 3.05) is 46.9 Å². The molecule has 0 aromatic heterocycles. The Labute approximate surface area is 296 Å². The Balaban J connectivity index is 1.10. The number of likely N-dealkylation sites (N-methyl/N-ethyl adjacent to an activating group) is 1. The first-order valence-corrected chi connectivity index (χ1v) is 19.7. The van der Waals surface area contributed by atoms with Crippen LogP contribution in [0.2, 0.25) is 0 Å². The van der Waals surface area contributed by atoms with Gasteiger partial charge in [0.05, 0.1) is 36.6 Å². The molecule has 14 atom stereocenters. The molecule has 7 rings (SSSR count). The Morgan fingerprint density at radius 2 is 1.76 bits per heavy atom. The zero-order valence-electron chi connectivity index (χ0n) is 32.3. The number of esters is 1. The van der Waals surface area contributed by atoms with Crippen molar-refractivity contribution in [1.82, 2.24) is 9.80 Å². The summed E-state index contributed by atoms with van der Waals surface area (Å²) in [4.78, 5) is 16.8. The second kappa shape index (κ2) is 12.1. The maximum Gasteiger partial charge on any atom is 0.303 e. The summed E-state index contributed by atoms with van der Waals surface area (Å²) in [5, 5.41) is 23.6. The van der Waals surface area contributed by atoms with Crippen LogP contribution in [-0.4, -0.2) is 115 Å². The molecule has 2 heterocycles. The highest BCUT2D eigenvalue weighted by Crippen LogP contribution is 2.89. The van der Waals surface area contributed by atoms with Gasteiger partial charge in [-0.1, -0.05) is 34.6 Å². The molecule has 2 N–H and O–H groups in total. The van der Waals surface area contributed by atoms with Gasteiger partial charge in [0.2, 0.25) is 0 Å². The van der Waals surface area contributed by atoms with Gasteiger partial charge in [-0.2, -0.15) is 0 Å². The monoisotopic (exact) mass is 689 g/mol. The molecular formula is C40H68N2O7. The van der Waals surface area contributed by atoms with Gasteiger partial charge in [-0.15, -0.1) is 0 Å². The molecule has 9 heteroatoms. The Hall–Kier alpha value is -0.810. The molecule has 5 saturated carbocycles. The van der Waals surface area contributed by atoms with Crippen molar-refractivity contribution in [3.05, 3.63) is 0 Å². The third kappa shape index (κ3) is 5.35. The van der Waals surface area contributed by atoms with Crippen molar-refractivity contribution >= 4 is 5.97 Å². The number of carbonyl (C=O) groups excluding carboxylic acids is 1. The molecule has 1 unspecified atom stereocenters. The number of hydrogen-bond acceptors (Lipinski definition) is 9. The largest absolute Gasteiger partial charge is 0.457 e. The van der Waals surface area contributed by atoms with E-state index in [4.69, 9.17) is 18.9 Å². The van der Waals surface area contributed by atoms with Crippen LogP contribution >= 0.6 is 0 Å². The zero-order chi connectivity index (χ0) is 35.5. The van der Waals surface area contributed by atoms with Gasteiger partial charge in [0.25, 0.3) is 0 Å². The Kier molecular flexibility index (Phi) is 9.03. The van der Waals surface area contributed by atoms with E-state index >= 15 is 0 Å². The van der Waals surface area contributed by atoms with Crippen LogP contribution in [0.5, 0.6) is 0 Å². The molecule has 0 aromatic rings. The van der Waals surface area contributed by atoms with Crippen molar-refractivity contribution < 1.29 is 34.0 Å². The summed E-state index contributed by atoms with van der Waals surface area (Å²) in [6.45, 7) is 21.5. The lowest BCUT2D eigenvalue weighted by molar-refractivity contribution is -0.249. The fourth-order valence-corrected chi connectivity index (χ4v) is 14.1. The number of carbonyl (C=O) groups is 1. The van der Waals surface area contributed by atoms with Crippen LogP contribution in [0.25, 0.3) is 0 Å². The van der Waals surface area contributed by atoms with Gasteiger partial charge in [-0.05, 0) is 125 Å². The predicted molar refractivity (Wildman–Crippen MR) is 188 cm³/mol. The smallest absolute Gasteiger partial charge is 0.303 e. The van der Waals surface area contributed by atoms with Gasteiger partial charge in [-0.25, -0.2) is 0 Å². The number of rotatable bonds is 8. The number of fused-ring (bicyclic) bond motifs is 4. The average Bonchev–Trinajstić information content (AvgIpc) is 3.64. The highest BCUT2D eigenvalue weighted by molar-refractivity contribution is 5.66. The van der Waals surface area contributed by atoms with Gasteiger partial charge in [0.15, 0.2) is 12.4 Å². The number of hydrogen-bond donors (Lipinski definition) is 2. The highest BCUT2D eigenvalue weighted by Gasteiger charge is 2.84. The van der Waals surface area contributed by atoms with Crippen LogP contribution in [0, 0.1) is 50.7 Å². The van der Waals surface area contributed by atoms with Crippen LogP contribution in [0.1, 0.15) is 107 Å². The first-order chi connectivity index (χ1) is 22.8. The third-order valence-corrected chi connectivity index (χ3v) is 16.4. The van der Waals surface area contributed by atoms with E-state index in [1.807, 2.05) is 0 Å². The molecule has 280 valence electrons. The van der Waals surface area contributed by atoms with E-state index in [0.29, 0.717) is 23.7 Å². The summed E-state index contributed by atoms with van der Waals surface area (Å²) in [5.74, 6) is 1.13. The van der Waals surface area contributed by atoms with Crippen molar-refractivity contribution in [3.8, 4) is 0 Å². The van der Waals surface area contributed by atoms with Crippen molar-refractivity contribution in [1.29, 1.82) is 0 Å². The molecule has 7 aliphatic rings. The van der Waals surface area contributed by atoms with Gasteiger partial charge < -0.3 is 34.1 Å². The number of morpholine rings is 1. The van der Waals surface area contributed by atoms with Gasteiger partial charge >= 0.3 is 5.97 Å². The minimum atomic E-state index is -1.25. The average molecular weight is 689 g/mol. The minimum absolute atomic E-state index is 0.0493. The normalized spacial score (nSPS) is 49.6. The summed E-state index contributed by atoms with van der Waals surface area (Å²) >= 11 is 0. The van der Waals surface area contributed by atoms with Crippen LogP contribution in [-0.2, 0) is 23.7 Å². The third-order valence-electron chi connectivity index (χ3n) is 16.4. The number of aliphatic hydroxyl groups excluding tert-OH is 1. The summed E-state index contributed by atoms with van der Waals surface area (Å²) < 4.78 is 25.7. The fraction of sp³-hybridized carbons (Fsp3) is 0.975. The Bertz CT molecular complexity index is 1270. The molecule has 0 radical (unpaired) electrons. The minimum Gasteiger partial charge on any atom is -0.457 e. The van der Waals surface area contributed by atoms with Crippen molar-refractivity contribution in [2.24, 2.45) is 50.7 Å². The van der Waals surface area contributed by atoms with E-state index in [9.17, 15) is 15.0 Å². The first kappa shape index (κ1) is 36.5.